The molecule has 2 atom stereocenters. The number of carbonyl (C=O) groups is 1. The normalized spacial score (nSPS) is 28.4. The smallest absolute Gasteiger partial charge is 0.309 e. The van der Waals surface area contributed by atoms with Crippen LogP contribution in [0.25, 0.3) is 0 Å². The van der Waals surface area contributed by atoms with Gasteiger partial charge >= 0.3 is 5.97 Å². The molecule has 0 aliphatic carbocycles. The first kappa shape index (κ1) is 17.9. The van der Waals surface area contributed by atoms with Crippen LogP contribution in [0.4, 0.5) is 0 Å². The summed E-state index contributed by atoms with van der Waals surface area (Å²) in [4.78, 5) is 16.6. The van der Waals surface area contributed by atoms with E-state index in [1.165, 1.54) is 24.1 Å². The molecule has 3 fully saturated rings. The van der Waals surface area contributed by atoms with Crippen LogP contribution in [-0.2, 0) is 20.8 Å². The summed E-state index contributed by atoms with van der Waals surface area (Å²) in [6.07, 6.45) is 6.23. The van der Waals surface area contributed by atoms with Crippen molar-refractivity contribution in [2.75, 3.05) is 52.5 Å². The third kappa shape index (κ3) is 4.27. The number of hydrogen-bond donors (Lipinski definition) is 1. The summed E-state index contributed by atoms with van der Waals surface area (Å²) in [5.74, 6) is 0.622. The molecule has 1 aromatic rings. The summed E-state index contributed by atoms with van der Waals surface area (Å²) in [5, 5.41) is 7.63. The van der Waals surface area contributed by atoms with Crippen molar-refractivity contribution in [3.05, 3.63) is 17.5 Å². The van der Waals surface area contributed by atoms with Gasteiger partial charge in [0.1, 0.15) is 0 Å². The number of aromatic amines is 1. The second kappa shape index (κ2) is 8.50. The van der Waals surface area contributed by atoms with Gasteiger partial charge in [-0.25, -0.2) is 0 Å². The average molecular weight is 362 g/mol. The van der Waals surface area contributed by atoms with E-state index >= 15 is 0 Å². The number of esters is 1. The van der Waals surface area contributed by atoms with Crippen molar-refractivity contribution in [3.63, 3.8) is 0 Å². The van der Waals surface area contributed by atoms with E-state index in [2.05, 4.69) is 20.0 Å². The number of cyclic esters (lactones) is 1. The number of carbonyl (C=O) groups excluding carboxylic acids is 1. The monoisotopic (exact) mass is 362 g/mol. The molecule has 0 spiro atoms. The van der Waals surface area contributed by atoms with Gasteiger partial charge in [-0.15, -0.1) is 0 Å². The van der Waals surface area contributed by atoms with Crippen LogP contribution in [-0.4, -0.2) is 78.5 Å². The van der Waals surface area contributed by atoms with E-state index in [0.29, 0.717) is 12.5 Å². The molecule has 1 N–H and O–H groups in total. The minimum Gasteiger partial charge on any atom is -0.465 e. The number of piperidine rings is 1. The van der Waals surface area contributed by atoms with Crippen LogP contribution in [0.2, 0.25) is 0 Å². The van der Waals surface area contributed by atoms with Crippen molar-refractivity contribution in [2.45, 2.75) is 38.1 Å². The van der Waals surface area contributed by atoms with Gasteiger partial charge in [0.25, 0.3) is 0 Å². The van der Waals surface area contributed by atoms with Gasteiger partial charge < -0.3 is 14.4 Å². The number of H-pyrrole nitrogens is 1. The van der Waals surface area contributed by atoms with E-state index < -0.39 is 0 Å². The van der Waals surface area contributed by atoms with Gasteiger partial charge in [-0.1, -0.05) is 0 Å². The van der Waals surface area contributed by atoms with Gasteiger partial charge in [0, 0.05) is 43.4 Å². The number of aromatic nitrogens is 2. The van der Waals surface area contributed by atoms with Crippen LogP contribution in [0.3, 0.4) is 0 Å². The topological polar surface area (TPSA) is 70.7 Å². The lowest BCUT2D eigenvalue weighted by atomic mass is 9.92. The molecule has 3 aliphatic heterocycles. The van der Waals surface area contributed by atoms with Gasteiger partial charge in [-0.3, -0.25) is 14.8 Å². The Labute approximate surface area is 155 Å². The Bertz CT molecular complexity index is 599. The van der Waals surface area contributed by atoms with Crippen molar-refractivity contribution in [3.8, 4) is 0 Å². The first-order valence-electron chi connectivity index (χ1n) is 10.0. The lowest BCUT2D eigenvalue weighted by Crippen LogP contribution is -2.37. The zero-order chi connectivity index (χ0) is 17.8. The van der Waals surface area contributed by atoms with Crippen LogP contribution in [0, 0.1) is 5.92 Å². The Morgan fingerprint density at radius 3 is 2.85 bits per heavy atom. The van der Waals surface area contributed by atoms with E-state index in [9.17, 15) is 4.79 Å². The van der Waals surface area contributed by atoms with Gasteiger partial charge in [0.05, 0.1) is 31.9 Å². The first-order valence-corrected chi connectivity index (χ1v) is 10.0. The molecule has 4 rings (SSSR count). The molecule has 0 radical (unpaired) electrons. The summed E-state index contributed by atoms with van der Waals surface area (Å²) in [5.41, 5.74) is 2.64. The van der Waals surface area contributed by atoms with Crippen molar-refractivity contribution in [1.29, 1.82) is 0 Å². The van der Waals surface area contributed by atoms with Crippen LogP contribution in [0.5, 0.6) is 0 Å². The highest BCUT2D eigenvalue weighted by Crippen LogP contribution is 2.29. The predicted molar refractivity (Wildman–Crippen MR) is 96.8 cm³/mol. The predicted octanol–water partition coefficient (Wildman–Crippen LogP) is 1.37. The van der Waals surface area contributed by atoms with Gasteiger partial charge in [-0.05, 0) is 38.8 Å². The number of hydrogen-bond acceptors (Lipinski definition) is 6. The van der Waals surface area contributed by atoms with E-state index in [1.807, 2.05) is 6.20 Å². The second-order valence-electron chi connectivity index (χ2n) is 7.78. The maximum Gasteiger partial charge on any atom is 0.309 e. The third-order valence-corrected chi connectivity index (χ3v) is 6.00. The van der Waals surface area contributed by atoms with E-state index in [1.54, 1.807) is 0 Å². The Morgan fingerprint density at radius 1 is 1.15 bits per heavy atom. The molecule has 0 aromatic carbocycles. The fourth-order valence-electron chi connectivity index (χ4n) is 4.43. The molecule has 1 aromatic heterocycles. The molecule has 144 valence electrons. The van der Waals surface area contributed by atoms with Crippen molar-refractivity contribution < 1.29 is 14.3 Å². The van der Waals surface area contributed by atoms with Crippen LogP contribution >= 0.6 is 0 Å². The van der Waals surface area contributed by atoms with Crippen molar-refractivity contribution >= 4 is 5.97 Å². The summed E-state index contributed by atoms with van der Waals surface area (Å²) in [7, 11) is 0. The number of likely N-dealkylation sites (tertiary alicyclic amines) is 1. The number of nitrogens with zero attached hydrogens (tertiary/aromatic N) is 3. The number of ether oxygens (including phenoxy) is 2. The van der Waals surface area contributed by atoms with Gasteiger partial charge in [0.2, 0.25) is 0 Å². The van der Waals surface area contributed by atoms with E-state index in [-0.39, 0.29) is 11.9 Å². The molecule has 0 unspecified atom stereocenters. The fraction of sp³-hybridized carbons (Fsp3) is 0.789. The zero-order valence-corrected chi connectivity index (χ0v) is 15.5. The zero-order valence-electron chi connectivity index (χ0n) is 15.5. The molecule has 0 bridgehead atoms. The Kier molecular flexibility index (Phi) is 5.87. The molecule has 3 aliphatic rings. The standard InChI is InChI=1S/C19H30N4O3/c24-19-15(4-9-26-19)3-6-22-5-1-2-16(13-22)18-17(12-20-21-18)14-23-7-10-25-11-8-23/h12,15-16H,1-11,13-14H2,(H,20,21)/t15-,16-/m1/s1. The summed E-state index contributed by atoms with van der Waals surface area (Å²) >= 11 is 0. The lowest BCUT2D eigenvalue weighted by Gasteiger charge is -2.33. The van der Waals surface area contributed by atoms with Crippen molar-refractivity contribution in [1.82, 2.24) is 20.0 Å². The average Bonchev–Trinajstić information content (AvgIpc) is 3.30. The van der Waals surface area contributed by atoms with Gasteiger partial charge in [-0.2, -0.15) is 5.10 Å². The number of nitrogens with one attached hydrogen (secondary N) is 1. The van der Waals surface area contributed by atoms with Crippen LogP contribution in [0.15, 0.2) is 6.20 Å². The maximum atomic E-state index is 11.7. The molecule has 3 saturated heterocycles. The van der Waals surface area contributed by atoms with E-state index in [4.69, 9.17) is 9.47 Å². The molecule has 4 heterocycles. The van der Waals surface area contributed by atoms with Crippen LogP contribution in [0.1, 0.15) is 42.9 Å². The summed E-state index contributed by atoms with van der Waals surface area (Å²) in [6, 6.07) is 0. The number of morpholine rings is 1. The Hall–Kier alpha value is -1.44. The minimum atomic E-state index is -0.0000697. The fourth-order valence-corrected chi connectivity index (χ4v) is 4.43. The highest BCUT2D eigenvalue weighted by molar-refractivity contribution is 5.74. The quantitative estimate of drug-likeness (QED) is 0.771. The molecular weight excluding hydrogens is 332 g/mol. The van der Waals surface area contributed by atoms with Crippen LogP contribution < -0.4 is 0 Å². The Balaban J connectivity index is 1.32. The SMILES string of the molecule is O=C1OCC[C@H]1CCN1CCC[C@@H](c2[nH]ncc2CN2CCOCC2)C1. The molecule has 26 heavy (non-hydrogen) atoms. The van der Waals surface area contributed by atoms with E-state index in [0.717, 1.165) is 65.3 Å². The summed E-state index contributed by atoms with van der Waals surface area (Å²) < 4.78 is 10.5. The highest BCUT2D eigenvalue weighted by Gasteiger charge is 2.29. The third-order valence-electron chi connectivity index (χ3n) is 6.00. The molecule has 0 amide bonds. The lowest BCUT2D eigenvalue weighted by molar-refractivity contribution is -0.141. The first-order chi connectivity index (χ1) is 12.8. The molecule has 7 nitrogen and oxygen atoms in total. The Morgan fingerprint density at radius 2 is 2.04 bits per heavy atom. The molecular formula is C19H30N4O3. The van der Waals surface area contributed by atoms with Gasteiger partial charge in [0.15, 0.2) is 0 Å². The largest absolute Gasteiger partial charge is 0.465 e. The van der Waals surface area contributed by atoms with Crippen molar-refractivity contribution in [2.24, 2.45) is 5.92 Å². The molecule has 0 saturated carbocycles. The summed E-state index contributed by atoms with van der Waals surface area (Å²) in [6.45, 7) is 8.39. The number of rotatable bonds is 6. The maximum absolute atomic E-state index is 11.7. The highest BCUT2D eigenvalue weighted by atomic mass is 16.5. The molecule has 7 heteroatoms. The second-order valence-corrected chi connectivity index (χ2v) is 7.78. The minimum absolute atomic E-state index is 0.0000697.